The number of pyridine rings is 1. The van der Waals surface area contributed by atoms with E-state index in [1.54, 1.807) is 23.3 Å². The van der Waals surface area contributed by atoms with E-state index in [1.165, 1.54) is 7.11 Å². The molecule has 0 atom stereocenters. The third-order valence-corrected chi connectivity index (χ3v) is 3.45. The first-order valence-corrected chi connectivity index (χ1v) is 6.96. The fraction of sp³-hybridized carbons (Fsp3) is 0.133. The van der Waals surface area contributed by atoms with Crippen molar-refractivity contribution in [1.82, 2.24) is 14.8 Å². The number of halogens is 1. The maximum Gasteiger partial charge on any atom is 0.160 e. The van der Waals surface area contributed by atoms with Gasteiger partial charge < -0.3 is 10.2 Å². The highest BCUT2D eigenvalue weighted by atomic mass is 35.5. The average molecular weight is 316 g/mol. The number of nitrogens with zero attached hydrogens (tertiary/aromatic N) is 4. The summed E-state index contributed by atoms with van der Waals surface area (Å²) >= 11 is 6.09. The summed E-state index contributed by atoms with van der Waals surface area (Å²) in [6.45, 7) is 0. The van der Waals surface area contributed by atoms with E-state index in [9.17, 15) is 0 Å². The molecule has 2 heterocycles. The number of oxime groups is 1. The third-order valence-electron chi connectivity index (χ3n) is 3.22. The molecule has 6 nitrogen and oxygen atoms in total. The zero-order valence-electron chi connectivity index (χ0n) is 12.1. The van der Waals surface area contributed by atoms with Crippen LogP contribution in [0.5, 0.6) is 0 Å². The van der Waals surface area contributed by atoms with Crippen LogP contribution in [0.3, 0.4) is 0 Å². The fourth-order valence-electron chi connectivity index (χ4n) is 2.19. The van der Waals surface area contributed by atoms with E-state index in [2.05, 4.69) is 20.6 Å². The van der Waals surface area contributed by atoms with Crippen molar-refractivity contribution in [3.63, 3.8) is 0 Å². The van der Waals surface area contributed by atoms with Gasteiger partial charge in [0.2, 0.25) is 0 Å². The standard InChI is InChI=1S/C15H14ClN5O/c1-21-14-4-3-11(16)7-12(14)15(20-21)19-13-9-17-6-5-10(13)8-18-22-2/h3-9H,1-2H3,(H,19,20). The van der Waals surface area contributed by atoms with Crippen LogP contribution in [0, 0.1) is 0 Å². The van der Waals surface area contributed by atoms with Crippen LogP contribution in [0.15, 0.2) is 41.8 Å². The summed E-state index contributed by atoms with van der Waals surface area (Å²) in [5, 5.41) is 13.2. The predicted octanol–water partition coefficient (Wildman–Crippen LogP) is 3.35. The van der Waals surface area contributed by atoms with Crippen LogP contribution in [-0.4, -0.2) is 28.1 Å². The Morgan fingerprint density at radius 2 is 2.23 bits per heavy atom. The first-order valence-electron chi connectivity index (χ1n) is 6.59. The van der Waals surface area contributed by atoms with Crippen molar-refractivity contribution in [3.8, 4) is 0 Å². The number of rotatable bonds is 4. The molecule has 0 fully saturated rings. The first kappa shape index (κ1) is 14.3. The summed E-state index contributed by atoms with van der Waals surface area (Å²) in [6, 6.07) is 7.50. The summed E-state index contributed by atoms with van der Waals surface area (Å²) in [5.74, 6) is 0.708. The third kappa shape index (κ3) is 2.73. The van der Waals surface area contributed by atoms with Crippen molar-refractivity contribution in [1.29, 1.82) is 0 Å². The monoisotopic (exact) mass is 315 g/mol. The topological polar surface area (TPSA) is 64.3 Å². The number of hydrogen-bond acceptors (Lipinski definition) is 5. The molecule has 0 spiro atoms. The summed E-state index contributed by atoms with van der Waals surface area (Å²) in [7, 11) is 3.39. The van der Waals surface area contributed by atoms with E-state index < -0.39 is 0 Å². The number of nitrogens with one attached hydrogen (secondary N) is 1. The zero-order valence-corrected chi connectivity index (χ0v) is 12.9. The largest absolute Gasteiger partial charge is 0.399 e. The molecule has 0 aliphatic carbocycles. The maximum atomic E-state index is 6.09. The molecule has 0 aliphatic heterocycles. The van der Waals surface area contributed by atoms with Crippen LogP contribution in [-0.2, 0) is 11.9 Å². The smallest absolute Gasteiger partial charge is 0.160 e. The van der Waals surface area contributed by atoms with Crippen molar-refractivity contribution in [2.24, 2.45) is 12.2 Å². The molecule has 1 N–H and O–H groups in total. The Balaban J connectivity index is 2.04. The van der Waals surface area contributed by atoms with Crippen LogP contribution in [0.4, 0.5) is 11.5 Å². The van der Waals surface area contributed by atoms with Gasteiger partial charge in [0, 0.05) is 29.2 Å². The molecule has 22 heavy (non-hydrogen) atoms. The molecular weight excluding hydrogens is 302 g/mol. The maximum absolute atomic E-state index is 6.09. The number of aryl methyl sites for hydroxylation is 1. The Morgan fingerprint density at radius 1 is 1.36 bits per heavy atom. The SMILES string of the molecule is CON=Cc1ccncc1Nc1nn(C)c2ccc(Cl)cc12. The first-order chi connectivity index (χ1) is 10.7. The molecular formula is C15H14ClN5O. The molecule has 0 radical (unpaired) electrons. The lowest BCUT2D eigenvalue weighted by Crippen LogP contribution is -1.98. The minimum atomic E-state index is 0.663. The normalized spacial score (nSPS) is 11.2. The molecule has 1 aromatic carbocycles. The fourth-order valence-corrected chi connectivity index (χ4v) is 2.36. The van der Waals surface area contributed by atoms with Crippen molar-refractivity contribution < 1.29 is 4.84 Å². The number of aromatic nitrogens is 3. The predicted molar refractivity (Wildman–Crippen MR) is 87.8 cm³/mol. The highest BCUT2D eigenvalue weighted by Crippen LogP contribution is 2.28. The Kier molecular flexibility index (Phi) is 3.93. The lowest BCUT2D eigenvalue weighted by molar-refractivity contribution is 0.215. The molecule has 2 aromatic heterocycles. The van der Waals surface area contributed by atoms with Crippen LogP contribution in [0.25, 0.3) is 10.9 Å². The summed E-state index contributed by atoms with van der Waals surface area (Å²) in [6.07, 6.45) is 5.01. The minimum absolute atomic E-state index is 0.663. The molecule has 112 valence electrons. The molecule has 0 aliphatic rings. The molecule has 0 saturated carbocycles. The van der Waals surface area contributed by atoms with Crippen LogP contribution >= 0.6 is 11.6 Å². The Hall–Kier alpha value is -2.60. The summed E-state index contributed by atoms with van der Waals surface area (Å²) in [5.41, 5.74) is 2.61. The number of anilines is 2. The van der Waals surface area contributed by atoms with Gasteiger partial charge in [-0.1, -0.05) is 16.8 Å². The number of benzene rings is 1. The highest BCUT2D eigenvalue weighted by Gasteiger charge is 2.11. The minimum Gasteiger partial charge on any atom is -0.399 e. The lowest BCUT2D eigenvalue weighted by Gasteiger charge is -2.06. The second kappa shape index (κ2) is 6.03. The van der Waals surface area contributed by atoms with E-state index in [1.807, 2.05) is 31.3 Å². The van der Waals surface area contributed by atoms with E-state index >= 15 is 0 Å². The second-order valence-corrected chi connectivity index (χ2v) is 5.08. The molecule has 0 bridgehead atoms. The molecule has 0 amide bonds. The van der Waals surface area contributed by atoms with E-state index in [0.29, 0.717) is 10.8 Å². The Morgan fingerprint density at radius 3 is 3.05 bits per heavy atom. The lowest BCUT2D eigenvalue weighted by atomic mass is 10.2. The van der Waals surface area contributed by atoms with Gasteiger partial charge in [0.25, 0.3) is 0 Å². The van der Waals surface area contributed by atoms with Gasteiger partial charge in [-0.3, -0.25) is 9.67 Å². The number of hydrogen-bond donors (Lipinski definition) is 1. The number of fused-ring (bicyclic) bond motifs is 1. The molecule has 3 rings (SSSR count). The quantitative estimate of drug-likeness (QED) is 0.592. The molecule has 7 heteroatoms. The van der Waals surface area contributed by atoms with Crippen LogP contribution < -0.4 is 5.32 Å². The van der Waals surface area contributed by atoms with Gasteiger partial charge in [0.15, 0.2) is 5.82 Å². The average Bonchev–Trinajstić information content (AvgIpc) is 2.82. The van der Waals surface area contributed by atoms with Gasteiger partial charge in [-0.15, -0.1) is 0 Å². The van der Waals surface area contributed by atoms with Crippen LogP contribution in [0.1, 0.15) is 5.56 Å². The Bertz CT molecular complexity index is 843. The molecule has 0 saturated heterocycles. The van der Waals surface area contributed by atoms with Gasteiger partial charge in [0.05, 0.1) is 23.6 Å². The van der Waals surface area contributed by atoms with Crippen molar-refractivity contribution >= 4 is 40.2 Å². The molecule has 3 aromatic rings. The van der Waals surface area contributed by atoms with E-state index in [4.69, 9.17) is 16.4 Å². The Labute approximate surface area is 132 Å². The van der Waals surface area contributed by atoms with Gasteiger partial charge in [-0.05, 0) is 24.3 Å². The van der Waals surface area contributed by atoms with Gasteiger partial charge in [-0.2, -0.15) is 5.10 Å². The van der Waals surface area contributed by atoms with Gasteiger partial charge in [0.1, 0.15) is 7.11 Å². The summed E-state index contributed by atoms with van der Waals surface area (Å²) in [4.78, 5) is 8.85. The van der Waals surface area contributed by atoms with Crippen molar-refractivity contribution in [2.45, 2.75) is 0 Å². The second-order valence-electron chi connectivity index (χ2n) is 4.64. The summed E-state index contributed by atoms with van der Waals surface area (Å²) < 4.78 is 1.80. The van der Waals surface area contributed by atoms with Gasteiger partial charge >= 0.3 is 0 Å². The zero-order chi connectivity index (χ0) is 15.5. The van der Waals surface area contributed by atoms with E-state index in [0.717, 1.165) is 22.2 Å². The van der Waals surface area contributed by atoms with E-state index in [-0.39, 0.29) is 0 Å². The van der Waals surface area contributed by atoms with Crippen molar-refractivity contribution in [2.75, 3.05) is 12.4 Å². The van der Waals surface area contributed by atoms with Crippen molar-refractivity contribution in [3.05, 3.63) is 47.2 Å². The van der Waals surface area contributed by atoms with Gasteiger partial charge in [-0.25, -0.2) is 0 Å². The molecule has 0 unspecified atom stereocenters. The van der Waals surface area contributed by atoms with Crippen LogP contribution in [0.2, 0.25) is 5.02 Å². The highest BCUT2D eigenvalue weighted by molar-refractivity contribution is 6.31.